The summed E-state index contributed by atoms with van der Waals surface area (Å²) in [7, 11) is 1.23. The van der Waals surface area contributed by atoms with Crippen LogP contribution in [0.2, 0.25) is 0 Å². The molecule has 0 saturated heterocycles. The molecule has 0 fully saturated rings. The summed E-state index contributed by atoms with van der Waals surface area (Å²) in [5, 5.41) is 12.2. The Balaban J connectivity index is 2.33. The SMILES string of the molecule is COC(C)(C(=O)O)C(=O)NC1CC(C)(C)CCc2ccccc21. The van der Waals surface area contributed by atoms with Crippen molar-refractivity contribution in [3.05, 3.63) is 35.4 Å². The van der Waals surface area contributed by atoms with E-state index in [1.54, 1.807) is 0 Å². The van der Waals surface area contributed by atoms with Gasteiger partial charge in [-0.05, 0) is 42.7 Å². The summed E-state index contributed by atoms with van der Waals surface area (Å²) in [6.45, 7) is 5.62. The average molecular weight is 319 g/mol. The van der Waals surface area contributed by atoms with E-state index in [0.29, 0.717) is 0 Å². The number of hydrogen-bond acceptors (Lipinski definition) is 3. The zero-order valence-corrected chi connectivity index (χ0v) is 14.2. The fraction of sp³-hybridized carbons (Fsp3) is 0.556. The van der Waals surface area contributed by atoms with Crippen LogP contribution in [-0.4, -0.2) is 29.7 Å². The topological polar surface area (TPSA) is 75.6 Å². The van der Waals surface area contributed by atoms with Crippen molar-refractivity contribution in [2.75, 3.05) is 7.11 Å². The second-order valence-electron chi connectivity index (χ2n) is 7.14. The Kier molecular flexibility index (Phi) is 4.80. The van der Waals surface area contributed by atoms with Gasteiger partial charge in [-0.15, -0.1) is 0 Å². The van der Waals surface area contributed by atoms with Crippen molar-refractivity contribution >= 4 is 11.9 Å². The van der Waals surface area contributed by atoms with Crippen molar-refractivity contribution in [2.45, 2.75) is 51.7 Å². The number of aliphatic carboxylic acids is 1. The maximum atomic E-state index is 12.5. The van der Waals surface area contributed by atoms with Gasteiger partial charge in [0.25, 0.3) is 5.91 Å². The van der Waals surface area contributed by atoms with Gasteiger partial charge in [-0.1, -0.05) is 38.1 Å². The van der Waals surface area contributed by atoms with Crippen LogP contribution < -0.4 is 5.32 Å². The molecule has 2 unspecified atom stereocenters. The van der Waals surface area contributed by atoms with E-state index in [-0.39, 0.29) is 11.5 Å². The van der Waals surface area contributed by atoms with Gasteiger partial charge < -0.3 is 15.2 Å². The molecule has 1 aliphatic rings. The molecular weight excluding hydrogens is 294 g/mol. The Hall–Kier alpha value is -1.88. The zero-order chi connectivity index (χ0) is 17.3. The molecule has 1 amide bonds. The molecule has 1 aliphatic carbocycles. The quantitative estimate of drug-likeness (QED) is 0.661. The summed E-state index contributed by atoms with van der Waals surface area (Å²) in [6.07, 6.45) is 2.74. The molecule has 126 valence electrons. The lowest BCUT2D eigenvalue weighted by Crippen LogP contribution is -2.52. The monoisotopic (exact) mass is 319 g/mol. The highest BCUT2D eigenvalue weighted by atomic mass is 16.5. The molecular formula is C18H25NO4. The molecule has 2 rings (SSSR count). The summed E-state index contributed by atoms with van der Waals surface area (Å²) < 4.78 is 4.96. The number of carboxylic acid groups (broad SMARTS) is 1. The molecule has 0 heterocycles. The Morgan fingerprint density at radius 2 is 2.00 bits per heavy atom. The summed E-state index contributed by atoms with van der Waals surface area (Å²) >= 11 is 0. The van der Waals surface area contributed by atoms with Crippen molar-refractivity contribution in [3.63, 3.8) is 0 Å². The predicted octanol–water partition coefficient (Wildman–Crippen LogP) is 2.70. The highest BCUT2D eigenvalue weighted by Gasteiger charge is 2.43. The smallest absolute Gasteiger partial charge is 0.345 e. The standard InChI is InChI=1S/C18H25NO4/c1-17(2)10-9-12-7-5-6-8-13(12)14(11-17)19-15(20)18(3,23-4)16(21)22/h5-8,14H,9-11H2,1-4H3,(H,19,20)(H,21,22). The highest BCUT2D eigenvalue weighted by Crippen LogP contribution is 2.39. The molecule has 2 atom stereocenters. The number of nitrogens with one attached hydrogen (secondary N) is 1. The lowest BCUT2D eigenvalue weighted by atomic mass is 9.82. The molecule has 1 aromatic carbocycles. The molecule has 0 saturated carbocycles. The van der Waals surface area contributed by atoms with Crippen molar-refractivity contribution in [1.82, 2.24) is 5.32 Å². The van der Waals surface area contributed by atoms with E-state index in [4.69, 9.17) is 4.74 Å². The van der Waals surface area contributed by atoms with Crippen molar-refractivity contribution < 1.29 is 19.4 Å². The van der Waals surface area contributed by atoms with Gasteiger partial charge >= 0.3 is 5.97 Å². The van der Waals surface area contributed by atoms with Gasteiger partial charge in [0, 0.05) is 7.11 Å². The predicted molar refractivity (Wildman–Crippen MR) is 87.1 cm³/mol. The van der Waals surface area contributed by atoms with Crippen LogP contribution in [0.25, 0.3) is 0 Å². The minimum absolute atomic E-state index is 0.0592. The molecule has 0 spiro atoms. The number of hydrogen-bond donors (Lipinski definition) is 2. The Morgan fingerprint density at radius 3 is 2.61 bits per heavy atom. The van der Waals surface area contributed by atoms with Crippen LogP contribution in [0.15, 0.2) is 24.3 Å². The number of rotatable bonds is 4. The van der Waals surface area contributed by atoms with E-state index in [1.165, 1.54) is 19.6 Å². The van der Waals surface area contributed by atoms with Gasteiger partial charge in [-0.2, -0.15) is 0 Å². The number of methoxy groups -OCH3 is 1. The molecule has 0 aromatic heterocycles. The largest absolute Gasteiger partial charge is 0.479 e. The third-order valence-electron chi connectivity index (χ3n) is 4.81. The lowest BCUT2D eigenvalue weighted by molar-refractivity contribution is -0.168. The first-order valence-corrected chi connectivity index (χ1v) is 7.87. The van der Waals surface area contributed by atoms with Gasteiger partial charge in [-0.3, -0.25) is 4.79 Å². The molecule has 2 N–H and O–H groups in total. The van der Waals surface area contributed by atoms with Crippen molar-refractivity contribution in [3.8, 4) is 0 Å². The molecule has 1 aromatic rings. The number of amides is 1. The van der Waals surface area contributed by atoms with Crippen LogP contribution in [0.1, 0.15) is 50.8 Å². The number of carboxylic acids is 1. The second-order valence-corrected chi connectivity index (χ2v) is 7.14. The molecule has 0 aliphatic heterocycles. The van der Waals surface area contributed by atoms with Gasteiger partial charge in [0.2, 0.25) is 5.60 Å². The number of benzene rings is 1. The van der Waals surface area contributed by atoms with E-state index in [9.17, 15) is 14.7 Å². The maximum absolute atomic E-state index is 12.5. The first-order valence-electron chi connectivity index (χ1n) is 7.87. The summed E-state index contributed by atoms with van der Waals surface area (Å²) in [4.78, 5) is 23.9. The number of fused-ring (bicyclic) bond motifs is 1. The van der Waals surface area contributed by atoms with Crippen LogP contribution in [-0.2, 0) is 20.7 Å². The molecule has 0 radical (unpaired) electrons. The Labute approximate surface area is 137 Å². The van der Waals surface area contributed by atoms with E-state index in [0.717, 1.165) is 24.8 Å². The number of carbonyl (C=O) groups is 2. The molecule has 23 heavy (non-hydrogen) atoms. The van der Waals surface area contributed by atoms with Gasteiger partial charge in [0.05, 0.1) is 6.04 Å². The van der Waals surface area contributed by atoms with Gasteiger partial charge in [0.1, 0.15) is 0 Å². The van der Waals surface area contributed by atoms with Crippen LogP contribution in [0.3, 0.4) is 0 Å². The average Bonchev–Trinajstić information content (AvgIpc) is 2.63. The third-order valence-corrected chi connectivity index (χ3v) is 4.81. The van der Waals surface area contributed by atoms with E-state index >= 15 is 0 Å². The third kappa shape index (κ3) is 3.55. The lowest BCUT2D eigenvalue weighted by Gasteiger charge is -2.30. The Morgan fingerprint density at radius 1 is 1.35 bits per heavy atom. The van der Waals surface area contributed by atoms with Crippen LogP contribution >= 0.6 is 0 Å². The normalized spacial score (nSPS) is 22.3. The second kappa shape index (κ2) is 6.32. The van der Waals surface area contributed by atoms with Crippen LogP contribution in [0.4, 0.5) is 0 Å². The van der Waals surface area contributed by atoms with Crippen LogP contribution in [0, 0.1) is 5.41 Å². The van der Waals surface area contributed by atoms with E-state index in [1.807, 2.05) is 18.2 Å². The zero-order valence-electron chi connectivity index (χ0n) is 14.2. The molecule has 0 bridgehead atoms. The van der Waals surface area contributed by atoms with E-state index in [2.05, 4.69) is 25.2 Å². The highest BCUT2D eigenvalue weighted by molar-refractivity contribution is 6.05. The summed E-state index contributed by atoms with van der Waals surface area (Å²) in [5.74, 6) is -1.91. The minimum Gasteiger partial charge on any atom is -0.479 e. The maximum Gasteiger partial charge on any atom is 0.345 e. The van der Waals surface area contributed by atoms with Crippen molar-refractivity contribution in [1.29, 1.82) is 0 Å². The minimum atomic E-state index is -1.88. The Bertz CT molecular complexity index is 611. The fourth-order valence-corrected chi connectivity index (χ4v) is 3.04. The molecule has 5 heteroatoms. The fourth-order valence-electron chi connectivity index (χ4n) is 3.04. The number of aryl methyl sites for hydroxylation is 1. The first-order chi connectivity index (χ1) is 10.7. The van der Waals surface area contributed by atoms with Crippen molar-refractivity contribution in [2.24, 2.45) is 5.41 Å². The van der Waals surface area contributed by atoms with Gasteiger partial charge in [-0.25, -0.2) is 4.79 Å². The molecule has 5 nitrogen and oxygen atoms in total. The van der Waals surface area contributed by atoms with Crippen LogP contribution in [0.5, 0.6) is 0 Å². The van der Waals surface area contributed by atoms with E-state index < -0.39 is 17.5 Å². The summed E-state index contributed by atoms with van der Waals surface area (Å²) in [5.41, 5.74) is 0.447. The summed E-state index contributed by atoms with van der Waals surface area (Å²) in [6, 6.07) is 7.80. The number of ether oxygens (including phenoxy) is 1. The number of carbonyl (C=O) groups excluding carboxylic acids is 1. The van der Waals surface area contributed by atoms with Gasteiger partial charge in [0.15, 0.2) is 0 Å². The first kappa shape index (κ1) is 17.5.